The second-order valence-electron chi connectivity index (χ2n) is 6.39. The van der Waals surface area contributed by atoms with Crippen LogP contribution in [0, 0.1) is 10.8 Å². The highest BCUT2D eigenvalue weighted by Gasteiger charge is 2.67. The molecule has 2 heterocycles. The monoisotopic (exact) mass is 291 g/mol. The third kappa shape index (κ3) is 1.66. The van der Waals surface area contributed by atoms with Gasteiger partial charge in [0.2, 0.25) is 5.89 Å². The largest absolute Gasteiger partial charge is 0.476 e. The van der Waals surface area contributed by atoms with Gasteiger partial charge in [-0.25, -0.2) is 9.78 Å². The van der Waals surface area contributed by atoms with E-state index in [1.807, 2.05) is 17.5 Å². The third-order valence-corrected chi connectivity index (χ3v) is 5.73. The zero-order valence-corrected chi connectivity index (χ0v) is 12.7. The molecule has 1 aliphatic rings. The first-order chi connectivity index (χ1) is 9.26. The van der Waals surface area contributed by atoms with E-state index in [1.165, 1.54) is 11.3 Å². The van der Waals surface area contributed by atoms with Crippen molar-refractivity contribution >= 4 is 17.3 Å². The first kappa shape index (κ1) is 13.4. The molecule has 0 bridgehead atoms. The zero-order chi connectivity index (χ0) is 14.7. The topological polar surface area (TPSA) is 63.3 Å². The molecule has 0 atom stereocenters. The van der Waals surface area contributed by atoms with Gasteiger partial charge in [-0.05, 0) is 22.3 Å². The zero-order valence-electron chi connectivity index (χ0n) is 11.9. The Morgan fingerprint density at radius 1 is 1.35 bits per heavy atom. The van der Waals surface area contributed by atoms with Crippen LogP contribution >= 0.6 is 11.3 Å². The van der Waals surface area contributed by atoms with E-state index >= 15 is 0 Å². The van der Waals surface area contributed by atoms with E-state index in [1.54, 1.807) is 0 Å². The van der Waals surface area contributed by atoms with Gasteiger partial charge in [0.05, 0.1) is 4.88 Å². The Labute approximate surface area is 121 Å². The molecule has 20 heavy (non-hydrogen) atoms. The van der Waals surface area contributed by atoms with Gasteiger partial charge in [-0.15, -0.1) is 11.3 Å². The molecule has 0 aromatic carbocycles. The average molecular weight is 291 g/mol. The van der Waals surface area contributed by atoms with Gasteiger partial charge in [-0.3, -0.25) is 0 Å². The fourth-order valence-electron chi connectivity index (χ4n) is 3.04. The maximum atomic E-state index is 11.4. The first-order valence-electron chi connectivity index (χ1n) is 6.54. The van der Waals surface area contributed by atoms with Gasteiger partial charge in [0, 0.05) is 5.92 Å². The highest BCUT2D eigenvalue weighted by molar-refractivity contribution is 7.13. The molecule has 1 N–H and O–H groups in total. The van der Waals surface area contributed by atoms with Gasteiger partial charge in [-0.2, -0.15) is 0 Å². The highest BCUT2D eigenvalue weighted by Crippen LogP contribution is 2.74. The summed E-state index contributed by atoms with van der Waals surface area (Å²) in [4.78, 5) is 16.5. The SMILES string of the molecule is CC1(C)C(c2oc(-c3cccs3)nc2C(=O)O)C1(C)C. The van der Waals surface area contributed by atoms with Crippen LogP contribution in [0.1, 0.15) is 49.9 Å². The van der Waals surface area contributed by atoms with E-state index in [2.05, 4.69) is 32.7 Å². The molecule has 5 heteroatoms. The molecule has 1 saturated carbocycles. The minimum atomic E-state index is -1.02. The van der Waals surface area contributed by atoms with Gasteiger partial charge in [-0.1, -0.05) is 33.8 Å². The van der Waals surface area contributed by atoms with Crippen LogP contribution in [0.2, 0.25) is 0 Å². The fourth-order valence-corrected chi connectivity index (χ4v) is 3.69. The molecule has 2 aromatic heterocycles. The second-order valence-corrected chi connectivity index (χ2v) is 7.34. The Balaban J connectivity index is 2.10. The Morgan fingerprint density at radius 3 is 2.45 bits per heavy atom. The number of aromatic carboxylic acids is 1. The summed E-state index contributed by atoms with van der Waals surface area (Å²) in [6.07, 6.45) is 0. The lowest BCUT2D eigenvalue weighted by Gasteiger charge is -2.03. The maximum Gasteiger partial charge on any atom is 0.358 e. The normalized spacial score (nSPS) is 20.0. The van der Waals surface area contributed by atoms with Crippen molar-refractivity contribution < 1.29 is 14.3 Å². The van der Waals surface area contributed by atoms with Gasteiger partial charge in [0.25, 0.3) is 0 Å². The quantitative estimate of drug-likeness (QED) is 0.918. The summed E-state index contributed by atoms with van der Waals surface area (Å²) >= 11 is 1.49. The van der Waals surface area contributed by atoms with Crippen LogP contribution in [0.25, 0.3) is 10.8 Å². The Bertz CT molecular complexity index is 653. The summed E-state index contributed by atoms with van der Waals surface area (Å²) in [6, 6.07) is 3.78. The van der Waals surface area contributed by atoms with E-state index in [0.29, 0.717) is 11.7 Å². The lowest BCUT2D eigenvalue weighted by Crippen LogP contribution is -2.02. The summed E-state index contributed by atoms with van der Waals surface area (Å²) in [5, 5.41) is 11.3. The number of hydrogen-bond donors (Lipinski definition) is 1. The van der Waals surface area contributed by atoms with Crippen molar-refractivity contribution in [3.05, 3.63) is 29.0 Å². The number of rotatable bonds is 3. The van der Waals surface area contributed by atoms with Crippen LogP contribution in [0.4, 0.5) is 0 Å². The van der Waals surface area contributed by atoms with Crippen molar-refractivity contribution in [3.8, 4) is 10.8 Å². The van der Waals surface area contributed by atoms with Crippen molar-refractivity contribution in [1.82, 2.24) is 4.98 Å². The van der Waals surface area contributed by atoms with Crippen LogP contribution in [0.15, 0.2) is 21.9 Å². The van der Waals surface area contributed by atoms with Crippen molar-refractivity contribution in [2.45, 2.75) is 33.6 Å². The van der Waals surface area contributed by atoms with Crippen LogP contribution in [0.3, 0.4) is 0 Å². The standard InChI is InChI=1S/C15H17NO3S/c1-14(2)11(15(14,3)4)10-9(13(17)18)16-12(19-10)8-6-5-7-20-8/h5-7,11H,1-4H3,(H,17,18). The smallest absolute Gasteiger partial charge is 0.358 e. The first-order valence-corrected chi connectivity index (χ1v) is 7.42. The van der Waals surface area contributed by atoms with Crippen molar-refractivity contribution in [3.63, 3.8) is 0 Å². The average Bonchev–Trinajstić information content (AvgIpc) is 2.81. The second kappa shape index (κ2) is 3.95. The molecule has 106 valence electrons. The van der Waals surface area contributed by atoms with Gasteiger partial charge in [0.1, 0.15) is 5.76 Å². The van der Waals surface area contributed by atoms with Crippen LogP contribution in [-0.2, 0) is 0 Å². The van der Waals surface area contributed by atoms with Crippen LogP contribution in [-0.4, -0.2) is 16.1 Å². The summed E-state index contributed by atoms with van der Waals surface area (Å²) < 4.78 is 5.83. The third-order valence-electron chi connectivity index (χ3n) is 4.87. The number of hydrogen-bond acceptors (Lipinski definition) is 4. The Kier molecular flexibility index (Phi) is 2.64. The van der Waals surface area contributed by atoms with Crippen molar-refractivity contribution in [1.29, 1.82) is 0 Å². The predicted octanol–water partition coefficient (Wildman–Crippen LogP) is 4.25. The fraction of sp³-hybridized carbons (Fsp3) is 0.467. The number of carbonyl (C=O) groups is 1. The molecular weight excluding hydrogens is 274 g/mol. The highest BCUT2D eigenvalue weighted by atomic mass is 32.1. The number of carboxylic acid groups (broad SMARTS) is 1. The minimum Gasteiger partial charge on any atom is -0.476 e. The van der Waals surface area contributed by atoms with Crippen molar-refractivity contribution in [2.24, 2.45) is 10.8 Å². The molecule has 1 aliphatic carbocycles. The van der Waals surface area contributed by atoms with Gasteiger partial charge < -0.3 is 9.52 Å². The summed E-state index contributed by atoms with van der Waals surface area (Å²) in [6.45, 7) is 8.54. The molecule has 2 aromatic rings. The molecule has 0 radical (unpaired) electrons. The summed E-state index contributed by atoms with van der Waals surface area (Å²) in [7, 11) is 0. The summed E-state index contributed by atoms with van der Waals surface area (Å²) in [5.74, 6) is -0.0193. The molecule has 0 saturated heterocycles. The number of oxazole rings is 1. The summed E-state index contributed by atoms with van der Waals surface area (Å²) in [5.41, 5.74) is 0.0875. The molecule has 0 amide bonds. The molecule has 4 nitrogen and oxygen atoms in total. The lowest BCUT2D eigenvalue weighted by molar-refractivity contribution is 0.0688. The number of nitrogens with zero attached hydrogens (tertiary/aromatic N) is 1. The van der Waals surface area contributed by atoms with E-state index in [-0.39, 0.29) is 22.4 Å². The van der Waals surface area contributed by atoms with E-state index in [9.17, 15) is 9.90 Å². The van der Waals surface area contributed by atoms with E-state index in [0.717, 1.165) is 4.88 Å². The van der Waals surface area contributed by atoms with E-state index < -0.39 is 5.97 Å². The molecule has 1 fully saturated rings. The number of thiophene rings is 1. The molecule has 0 spiro atoms. The van der Waals surface area contributed by atoms with Crippen LogP contribution in [0.5, 0.6) is 0 Å². The number of aromatic nitrogens is 1. The Hall–Kier alpha value is -1.62. The predicted molar refractivity (Wildman–Crippen MR) is 77.1 cm³/mol. The van der Waals surface area contributed by atoms with Crippen molar-refractivity contribution in [2.75, 3.05) is 0 Å². The van der Waals surface area contributed by atoms with E-state index in [4.69, 9.17) is 4.42 Å². The number of carboxylic acids is 1. The lowest BCUT2D eigenvalue weighted by atomic mass is 10.0. The maximum absolute atomic E-state index is 11.4. The van der Waals surface area contributed by atoms with Crippen LogP contribution < -0.4 is 0 Å². The minimum absolute atomic E-state index is 0.0173. The molecular formula is C15H17NO3S. The van der Waals surface area contributed by atoms with Gasteiger partial charge in [0.15, 0.2) is 5.69 Å². The molecule has 0 unspecified atom stereocenters. The Morgan fingerprint density at radius 2 is 2.00 bits per heavy atom. The molecule has 0 aliphatic heterocycles. The molecule has 3 rings (SSSR count). The van der Waals surface area contributed by atoms with Gasteiger partial charge >= 0.3 is 5.97 Å².